The molecule has 0 atom stereocenters. The predicted octanol–water partition coefficient (Wildman–Crippen LogP) is 12.3. The van der Waals surface area contributed by atoms with E-state index in [9.17, 15) is 0 Å². The molecule has 0 saturated heterocycles. The number of pyridine rings is 1. The topological polar surface area (TPSA) is 26.9 Å². The van der Waals surface area contributed by atoms with Gasteiger partial charge in [0.15, 0.2) is 0 Å². The Morgan fingerprint density at radius 3 is 1.68 bits per heavy atom. The van der Waals surface area contributed by atoms with Gasteiger partial charge in [-0.15, -0.1) is 0 Å². The van der Waals surface area contributed by atoms with Gasteiger partial charge in [0.25, 0.3) is 5.56 Å². The summed E-state index contributed by atoms with van der Waals surface area (Å²) in [4.78, 5) is 15.3. The maximum absolute atomic E-state index is 15.3. The molecule has 0 radical (unpaired) electrons. The van der Waals surface area contributed by atoms with Gasteiger partial charge in [0.2, 0.25) is 0 Å². The molecule has 0 aliphatic heterocycles. The molecule has 2 aromatic heterocycles. The molecule has 0 bridgehead atoms. The van der Waals surface area contributed by atoms with Crippen LogP contribution in [-0.2, 0) is 6.42 Å². The van der Waals surface area contributed by atoms with Crippen LogP contribution in [0.15, 0.2) is 175 Å². The van der Waals surface area contributed by atoms with Crippen LogP contribution < -0.4 is 5.56 Å². The van der Waals surface area contributed by atoms with Crippen molar-refractivity contribution < 1.29 is 0 Å². The Balaban J connectivity index is 1.24. The number of aromatic nitrogens is 2. The monoisotopic (exact) mass is 674 g/mol. The number of benzene rings is 9. The Bertz CT molecular complexity index is 3410. The van der Waals surface area contributed by atoms with Crippen molar-refractivity contribution in [3.05, 3.63) is 191 Å². The second-order valence-electron chi connectivity index (χ2n) is 14.4. The quantitative estimate of drug-likeness (QED) is 0.168. The van der Waals surface area contributed by atoms with Crippen LogP contribution in [0.25, 0.3) is 98.3 Å². The Morgan fingerprint density at radius 1 is 0.321 bits per heavy atom. The number of hydrogen-bond donors (Lipinski definition) is 0. The first-order chi connectivity index (χ1) is 26.2. The third-order valence-electron chi connectivity index (χ3n) is 11.7. The molecule has 0 N–H and O–H groups in total. The van der Waals surface area contributed by atoms with Gasteiger partial charge in [-0.2, -0.15) is 0 Å². The second kappa shape index (κ2) is 10.5. The number of fused-ring (bicyclic) bond motifs is 15. The molecule has 0 fully saturated rings. The summed E-state index contributed by atoms with van der Waals surface area (Å²) >= 11 is 0. The summed E-state index contributed by atoms with van der Waals surface area (Å²) in [5.74, 6) is 0. The van der Waals surface area contributed by atoms with Crippen LogP contribution >= 0.6 is 0 Å². The van der Waals surface area contributed by atoms with Gasteiger partial charge < -0.3 is 4.57 Å². The highest BCUT2D eigenvalue weighted by Gasteiger charge is 2.24. The average molecular weight is 675 g/mol. The van der Waals surface area contributed by atoms with Gasteiger partial charge >= 0.3 is 0 Å². The molecular formula is C50H30N2O. The van der Waals surface area contributed by atoms with Crippen molar-refractivity contribution in [2.24, 2.45) is 0 Å². The van der Waals surface area contributed by atoms with Gasteiger partial charge in [0.05, 0.1) is 16.6 Å². The minimum atomic E-state index is -0.0124. The lowest BCUT2D eigenvalue weighted by Gasteiger charge is -2.17. The summed E-state index contributed by atoms with van der Waals surface area (Å²) in [6.07, 6.45) is 0.879. The lowest BCUT2D eigenvalue weighted by atomic mass is 9.94. The zero-order valence-electron chi connectivity index (χ0n) is 28.7. The fourth-order valence-corrected chi connectivity index (χ4v) is 9.36. The lowest BCUT2D eigenvalue weighted by Crippen LogP contribution is -2.19. The van der Waals surface area contributed by atoms with Gasteiger partial charge in [0.1, 0.15) is 0 Å². The van der Waals surface area contributed by atoms with Crippen molar-refractivity contribution in [3.8, 4) is 22.5 Å². The lowest BCUT2D eigenvalue weighted by molar-refractivity contribution is 1.06. The maximum Gasteiger partial charge on any atom is 0.263 e. The summed E-state index contributed by atoms with van der Waals surface area (Å²) in [6.45, 7) is 0. The zero-order chi connectivity index (χ0) is 34.8. The molecule has 2 heterocycles. The Labute approximate surface area is 304 Å². The molecule has 1 aliphatic carbocycles. The smallest absolute Gasteiger partial charge is 0.263 e. The summed E-state index contributed by atoms with van der Waals surface area (Å²) in [7, 11) is 0. The first kappa shape index (κ1) is 28.7. The summed E-state index contributed by atoms with van der Waals surface area (Å²) < 4.78 is 4.31. The fraction of sp³-hybridized carbons (Fsp3) is 0.0200. The van der Waals surface area contributed by atoms with E-state index in [1.165, 1.54) is 49.2 Å². The Kier molecular flexibility index (Phi) is 5.70. The first-order valence-electron chi connectivity index (χ1n) is 18.3. The van der Waals surface area contributed by atoms with Gasteiger partial charge in [0, 0.05) is 32.9 Å². The minimum Gasteiger partial charge on any atom is -0.309 e. The Hall–Kier alpha value is -6.97. The van der Waals surface area contributed by atoms with E-state index in [1.807, 2.05) is 4.57 Å². The van der Waals surface area contributed by atoms with Crippen LogP contribution in [0.5, 0.6) is 0 Å². The Morgan fingerprint density at radius 2 is 0.906 bits per heavy atom. The first-order valence-corrected chi connectivity index (χ1v) is 18.3. The molecular weight excluding hydrogens is 645 g/mol. The SMILES string of the molecule is O=c1c2cc3c4ccccc4n(-c4ccccc4)c3cc2c2cc3c(cc2n1-c1ccc2c4ccccc4c4ccccc4c2c1)-c1ccccc1C3. The number of nitrogens with zero attached hydrogens (tertiary/aromatic N) is 2. The molecule has 0 spiro atoms. The number of hydrogen-bond acceptors (Lipinski definition) is 1. The maximum atomic E-state index is 15.3. The van der Waals surface area contributed by atoms with Gasteiger partial charge in [-0.05, 0) is 121 Å². The van der Waals surface area contributed by atoms with E-state index >= 15 is 4.79 Å². The van der Waals surface area contributed by atoms with Crippen molar-refractivity contribution in [2.45, 2.75) is 6.42 Å². The molecule has 246 valence electrons. The van der Waals surface area contributed by atoms with Crippen LogP contribution in [0.3, 0.4) is 0 Å². The van der Waals surface area contributed by atoms with Crippen molar-refractivity contribution in [2.75, 3.05) is 0 Å². The minimum absolute atomic E-state index is 0.0124. The van der Waals surface area contributed by atoms with E-state index in [0.717, 1.165) is 66.7 Å². The molecule has 11 aromatic rings. The van der Waals surface area contributed by atoms with Gasteiger partial charge in [-0.3, -0.25) is 9.36 Å². The predicted molar refractivity (Wildman–Crippen MR) is 222 cm³/mol. The van der Waals surface area contributed by atoms with E-state index < -0.39 is 0 Å². The van der Waals surface area contributed by atoms with E-state index in [4.69, 9.17) is 0 Å². The highest BCUT2D eigenvalue weighted by Crippen LogP contribution is 2.43. The highest BCUT2D eigenvalue weighted by molar-refractivity contribution is 6.26. The molecule has 53 heavy (non-hydrogen) atoms. The standard InChI is InChI=1S/C50H30N2O/c53-50-46-27-45-40-20-10-11-21-47(40)51(32-13-2-1-3-14-32)48(45)29-43(46)44-25-31-24-30-12-4-5-15-34(30)41(31)28-49(44)52(50)33-22-23-39-37-18-7-6-16-35(37)36-17-8-9-19-38(36)42(39)26-33/h1-23,25-29H,24H2. The van der Waals surface area contributed by atoms with Crippen LogP contribution in [0.1, 0.15) is 11.1 Å². The third-order valence-corrected chi connectivity index (χ3v) is 11.7. The average Bonchev–Trinajstić information content (AvgIpc) is 3.75. The van der Waals surface area contributed by atoms with Crippen molar-refractivity contribution in [1.29, 1.82) is 0 Å². The van der Waals surface area contributed by atoms with Crippen molar-refractivity contribution in [3.63, 3.8) is 0 Å². The largest absolute Gasteiger partial charge is 0.309 e. The van der Waals surface area contributed by atoms with Crippen LogP contribution in [-0.4, -0.2) is 9.13 Å². The summed E-state index contributed by atoms with van der Waals surface area (Å²) in [6, 6.07) is 60.6. The van der Waals surface area contributed by atoms with E-state index in [2.05, 4.69) is 174 Å². The van der Waals surface area contributed by atoms with E-state index in [-0.39, 0.29) is 5.56 Å². The normalized spacial score (nSPS) is 12.5. The summed E-state index contributed by atoms with van der Waals surface area (Å²) in [5, 5.41) is 12.2. The fourth-order valence-electron chi connectivity index (χ4n) is 9.36. The van der Waals surface area contributed by atoms with Gasteiger partial charge in [-0.25, -0.2) is 0 Å². The second-order valence-corrected chi connectivity index (χ2v) is 14.4. The zero-order valence-corrected chi connectivity index (χ0v) is 28.7. The molecule has 0 amide bonds. The highest BCUT2D eigenvalue weighted by atomic mass is 16.1. The van der Waals surface area contributed by atoms with E-state index in [0.29, 0.717) is 0 Å². The van der Waals surface area contributed by atoms with E-state index in [1.54, 1.807) is 0 Å². The number of rotatable bonds is 2. The third kappa shape index (κ3) is 3.91. The van der Waals surface area contributed by atoms with Gasteiger partial charge in [-0.1, -0.05) is 115 Å². The molecule has 3 heteroatoms. The molecule has 12 rings (SSSR count). The molecule has 0 unspecified atom stereocenters. The van der Waals surface area contributed by atoms with Crippen LogP contribution in [0.4, 0.5) is 0 Å². The molecule has 1 aliphatic rings. The summed E-state index contributed by atoms with van der Waals surface area (Å²) in [5.41, 5.74) is 10.2. The van der Waals surface area contributed by atoms with Crippen LogP contribution in [0.2, 0.25) is 0 Å². The van der Waals surface area contributed by atoms with Crippen LogP contribution in [0, 0.1) is 0 Å². The molecule has 0 saturated carbocycles. The molecule has 9 aromatic carbocycles. The van der Waals surface area contributed by atoms with Crippen molar-refractivity contribution >= 4 is 75.8 Å². The van der Waals surface area contributed by atoms with Crippen molar-refractivity contribution in [1.82, 2.24) is 9.13 Å². The number of para-hydroxylation sites is 2. The molecule has 3 nitrogen and oxygen atoms in total.